The quantitative estimate of drug-likeness (QED) is 0.821. The number of hydrogen-bond acceptors (Lipinski definition) is 1. The molecule has 1 aromatic carbocycles. The average molecular weight is 310 g/mol. The van der Waals surface area contributed by atoms with E-state index in [9.17, 15) is 4.39 Å². The van der Waals surface area contributed by atoms with Gasteiger partial charge in [0.1, 0.15) is 5.82 Å². The predicted molar refractivity (Wildman–Crippen MR) is 86.1 cm³/mol. The van der Waals surface area contributed by atoms with Gasteiger partial charge >= 0.3 is 0 Å². The second-order valence-corrected chi connectivity index (χ2v) is 7.50. The summed E-state index contributed by atoms with van der Waals surface area (Å²) in [5.41, 5.74) is 0.790. The molecule has 2 saturated carbocycles. The van der Waals surface area contributed by atoms with Gasteiger partial charge in [-0.25, -0.2) is 4.39 Å². The van der Waals surface area contributed by atoms with E-state index in [1.807, 2.05) is 6.07 Å². The lowest BCUT2D eigenvalue weighted by Gasteiger charge is -2.35. The molecule has 0 saturated heterocycles. The molecular weight excluding hydrogens is 285 g/mol. The van der Waals surface area contributed by atoms with E-state index in [0.29, 0.717) is 16.9 Å². The van der Waals surface area contributed by atoms with Gasteiger partial charge in [-0.15, -0.1) is 0 Å². The van der Waals surface area contributed by atoms with Crippen LogP contribution in [0.25, 0.3) is 0 Å². The van der Waals surface area contributed by atoms with Crippen LogP contribution in [-0.4, -0.2) is 12.6 Å². The molecule has 3 atom stereocenters. The minimum atomic E-state index is -0.105. The highest BCUT2D eigenvalue weighted by Crippen LogP contribution is 2.36. The van der Waals surface area contributed by atoms with E-state index in [1.165, 1.54) is 38.2 Å². The van der Waals surface area contributed by atoms with Crippen LogP contribution in [0.1, 0.15) is 44.6 Å². The highest BCUT2D eigenvalue weighted by atomic mass is 35.5. The van der Waals surface area contributed by atoms with Crippen molar-refractivity contribution in [2.24, 2.45) is 17.8 Å². The summed E-state index contributed by atoms with van der Waals surface area (Å²) in [5.74, 6) is 1.91. The number of nitrogens with one attached hydrogen (secondary N) is 1. The molecule has 2 aliphatic rings. The van der Waals surface area contributed by atoms with Crippen LogP contribution in [0, 0.1) is 23.6 Å². The van der Waals surface area contributed by atoms with E-state index < -0.39 is 0 Å². The molecule has 3 rings (SSSR count). The smallest absolute Gasteiger partial charge is 0.126 e. The van der Waals surface area contributed by atoms with Crippen LogP contribution in [0.3, 0.4) is 0 Å². The molecule has 0 radical (unpaired) electrons. The first-order valence-electron chi connectivity index (χ1n) is 8.29. The highest BCUT2D eigenvalue weighted by molar-refractivity contribution is 6.30. The lowest BCUT2D eigenvalue weighted by molar-refractivity contribution is 0.182. The molecule has 0 bridgehead atoms. The van der Waals surface area contributed by atoms with E-state index in [1.54, 1.807) is 6.07 Å². The molecule has 2 fully saturated rings. The molecule has 1 N–H and O–H groups in total. The van der Waals surface area contributed by atoms with Gasteiger partial charge in [0.2, 0.25) is 0 Å². The molecule has 0 aromatic heterocycles. The third-order valence-electron chi connectivity index (χ3n) is 5.14. The van der Waals surface area contributed by atoms with Gasteiger partial charge in [0.15, 0.2) is 0 Å². The maximum Gasteiger partial charge on any atom is 0.126 e. The summed E-state index contributed by atoms with van der Waals surface area (Å²) in [6.07, 6.45) is 7.28. The van der Waals surface area contributed by atoms with Gasteiger partial charge in [-0.1, -0.05) is 24.9 Å². The summed E-state index contributed by atoms with van der Waals surface area (Å²) in [6.45, 7) is 3.43. The van der Waals surface area contributed by atoms with Crippen molar-refractivity contribution in [1.29, 1.82) is 0 Å². The van der Waals surface area contributed by atoms with Gasteiger partial charge in [0.05, 0.1) is 0 Å². The zero-order valence-corrected chi connectivity index (χ0v) is 13.5. The minimum Gasteiger partial charge on any atom is -0.314 e. The average Bonchev–Trinajstić information content (AvgIpc) is 3.26. The highest BCUT2D eigenvalue weighted by Gasteiger charge is 2.31. The Morgan fingerprint density at radius 3 is 2.76 bits per heavy atom. The summed E-state index contributed by atoms with van der Waals surface area (Å²) in [7, 11) is 0. The molecule has 21 heavy (non-hydrogen) atoms. The van der Waals surface area contributed by atoms with Crippen molar-refractivity contribution in [3.63, 3.8) is 0 Å². The molecule has 0 aliphatic heterocycles. The van der Waals surface area contributed by atoms with Crippen LogP contribution in [0.4, 0.5) is 4.39 Å². The Balaban J connectivity index is 1.67. The summed E-state index contributed by atoms with van der Waals surface area (Å²) in [4.78, 5) is 0. The van der Waals surface area contributed by atoms with Crippen molar-refractivity contribution in [3.8, 4) is 0 Å². The summed E-state index contributed by atoms with van der Waals surface area (Å²) >= 11 is 6.03. The molecule has 3 heteroatoms. The molecular formula is C18H25ClFN. The van der Waals surface area contributed by atoms with Gasteiger partial charge in [-0.3, -0.25) is 0 Å². The number of hydrogen-bond donors (Lipinski definition) is 1. The molecule has 0 heterocycles. The van der Waals surface area contributed by atoms with E-state index in [-0.39, 0.29) is 5.82 Å². The first-order valence-corrected chi connectivity index (χ1v) is 8.67. The zero-order valence-electron chi connectivity index (χ0n) is 12.7. The fourth-order valence-corrected chi connectivity index (χ4v) is 3.86. The predicted octanol–water partition coefficient (Wildman–Crippen LogP) is 4.83. The van der Waals surface area contributed by atoms with Crippen LogP contribution in [0.2, 0.25) is 5.02 Å². The molecule has 0 spiro atoms. The second kappa shape index (κ2) is 6.66. The maximum absolute atomic E-state index is 14.0. The molecule has 1 nitrogen and oxygen atoms in total. The summed E-state index contributed by atoms with van der Waals surface area (Å²) in [6, 6.07) is 5.70. The van der Waals surface area contributed by atoms with Gasteiger partial charge in [-0.05, 0) is 80.2 Å². The van der Waals surface area contributed by atoms with E-state index in [4.69, 9.17) is 11.6 Å². The fourth-order valence-electron chi connectivity index (χ4n) is 3.67. The second-order valence-electron chi connectivity index (χ2n) is 7.06. The standard InChI is InChI=1S/C18H25ClFN/c1-12-2-3-13(11-21-17-5-6-17)14(8-12)9-15-10-16(19)4-7-18(15)20/h4,7,10,12-14,17,21H,2-3,5-6,8-9,11H2,1H3. The molecule has 1 aromatic rings. The first kappa shape index (κ1) is 15.3. The van der Waals surface area contributed by atoms with Crippen LogP contribution in [0.5, 0.6) is 0 Å². The Bertz CT molecular complexity index is 486. The van der Waals surface area contributed by atoms with E-state index in [0.717, 1.165) is 30.5 Å². The molecule has 2 aliphatic carbocycles. The van der Waals surface area contributed by atoms with Crippen LogP contribution in [-0.2, 0) is 6.42 Å². The topological polar surface area (TPSA) is 12.0 Å². The normalized spacial score (nSPS) is 29.6. The Hall–Kier alpha value is -0.600. The number of benzene rings is 1. The van der Waals surface area contributed by atoms with Gasteiger partial charge in [-0.2, -0.15) is 0 Å². The van der Waals surface area contributed by atoms with Crippen molar-refractivity contribution < 1.29 is 4.39 Å². The van der Waals surface area contributed by atoms with Crippen molar-refractivity contribution in [1.82, 2.24) is 5.32 Å². The largest absolute Gasteiger partial charge is 0.314 e. The van der Waals surface area contributed by atoms with Crippen molar-refractivity contribution in [3.05, 3.63) is 34.6 Å². The van der Waals surface area contributed by atoms with Gasteiger partial charge < -0.3 is 5.32 Å². The van der Waals surface area contributed by atoms with E-state index >= 15 is 0 Å². The zero-order chi connectivity index (χ0) is 14.8. The first-order chi connectivity index (χ1) is 10.1. The Kier molecular flexibility index (Phi) is 4.85. The van der Waals surface area contributed by atoms with Crippen LogP contribution >= 0.6 is 11.6 Å². The van der Waals surface area contributed by atoms with Crippen molar-refractivity contribution >= 4 is 11.6 Å². The van der Waals surface area contributed by atoms with E-state index in [2.05, 4.69) is 12.2 Å². The number of rotatable bonds is 5. The lowest BCUT2D eigenvalue weighted by atomic mass is 9.72. The van der Waals surface area contributed by atoms with Crippen molar-refractivity contribution in [2.45, 2.75) is 51.5 Å². The SMILES string of the molecule is CC1CCC(CNC2CC2)C(Cc2cc(Cl)ccc2F)C1. The lowest BCUT2D eigenvalue weighted by Crippen LogP contribution is -2.34. The van der Waals surface area contributed by atoms with Gasteiger partial charge in [0.25, 0.3) is 0 Å². The molecule has 0 amide bonds. The number of halogens is 2. The van der Waals surface area contributed by atoms with Crippen LogP contribution in [0.15, 0.2) is 18.2 Å². The summed E-state index contributed by atoms with van der Waals surface area (Å²) in [5, 5.41) is 4.30. The van der Waals surface area contributed by atoms with Crippen molar-refractivity contribution in [2.75, 3.05) is 6.54 Å². The third-order valence-corrected chi connectivity index (χ3v) is 5.37. The fraction of sp³-hybridized carbons (Fsp3) is 0.667. The van der Waals surface area contributed by atoms with Crippen LogP contribution < -0.4 is 5.32 Å². The maximum atomic E-state index is 14.0. The minimum absolute atomic E-state index is 0.105. The monoisotopic (exact) mass is 309 g/mol. The molecule has 3 unspecified atom stereocenters. The summed E-state index contributed by atoms with van der Waals surface area (Å²) < 4.78 is 14.0. The van der Waals surface area contributed by atoms with Gasteiger partial charge in [0, 0.05) is 11.1 Å². The third kappa shape index (κ3) is 4.20. The molecule has 116 valence electrons. The Labute approximate surface area is 132 Å². The Morgan fingerprint density at radius 2 is 2.00 bits per heavy atom. The Morgan fingerprint density at radius 1 is 1.19 bits per heavy atom.